The normalized spacial score (nSPS) is 22.0. The van der Waals surface area contributed by atoms with Crippen LogP contribution in [0.4, 0.5) is 37.7 Å². The van der Waals surface area contributed by atoms with Gasteiger partial charge in [0.05, 0.1) is 42.4 Å². The molecular formula is C47H51F6N4O3+. The first-order chi connectivity index (χ1) is 27.9. The van der Waals surface area contributed by atoms with E-state index < -0.39 is 52.1 Å². The van der Waals surface area contributed by atoms with Gasteiger partial charge in [0.2, 0.25) is 5.52 Å². The molecule has 2 N–H and O–H groups in total. The lowest BCUT2D eigenvalue weighted by Gasteiger charge is -2.58. The first kappa shape index (κ1) is 42.9. The number of alkyl halides is 6. The molecule has 5 aromatic rings. The van der Waals surface area contributed by atoms with E-state index in [0.29, 0.717) is 35.3 Å². The maximum absolute atomic E-state index is 13.8. The van der Waals surface area contributed by atoms with Crippen LogP contribution in [0.3, 0.4) is 0 Å². The molecule has 0 aliphatic carbocycles. The Morgan fingerprint density at radius 2 is 1.53 bits per heavy atom. The van der Waals surface area contributed by atoms with Gasteiger partial charge in [-0.25, -0.2) is 4.98 Å². The summed E-state index contributed by atoms with van der Waals surface area (Å²) < 4.78 is 89.3. The Labute approximate surface area is 345 Å². The molecule has 0 radical (unpaired) electrons. The molecule has 8 rings (SSSR count). The molecular weight excluding hydrogens is 783 g/mol. The molecule has 4 heterocycles. The third-order valence-electron chi connectivity index (χ3n) is 12.6. The van der Waals surface area contributed by atoms with E-state index in [0.717, 1.165) is 41.5 Å². The van der Waals surface area contributed by atoms with Crippen molar-refractivity contribution in [2.75, 3.05) is 25.5 Å². The van der Waals surface area contributed by atoms with Gasteiger partial charge in [0.1, 0.15) is 29.7 Å². The van der Waals surface area contributed by atoms with Crippen LogP contribution < -0.4 is 30.9 Å². The number of ether oxygens (including phenoxy) is 1. The van der Waals surface area contributed by atoms with E-state index in [4.69, 9.17) is 9.73 Å². The maximum Gasteiger partial charge on any atom is 0.416 e. The second-order valence-corrected chi connectivity index (χ2v) is 18.7. The van der Waals surface area contributed by atoms with Crippen LogP contribution in [0.1, 0.15) is 93.8 Å². The molecule has 318 valence electrons. The van der Waals surface area contributed by atoms with Gasteiger partial charge in [0.15, 0.2) is 11.6 Å². The number of aromatic amines is 1. The molecule has 3 fully saturated rings. The smallest absolute Gasteiger partial charge is 0.416 e. The number of hydrogen-bond donors (Lipinski definition) is 1. The summed E-state index contributed by atoms with van der Waals surface area (Å²) >= 11 is 0. The molecule has 0 amide bonds. The van der Waals surface area contributed by atoms with Crippen molar-refractivity contribution < 1.29 is 45.7 Å². The Morgan fingerprint density at radius 3 is 2.10 bits per heavy atom. The summed E-state index contributed by atoms with van der Waals surface area (Å²) in [6.07, 6.45) is -4.85. The second-order valence-electron chi connectivity index (χ2n) is 18.7. The minimum absolute atomic E-state index is 0.00799. The van der Waals surface area contributed by atoms with Crippen LogP contribution in [0.2, 0.25) is 0 Å². The zero-order valence-corrected chi connectivity index (χ0v) is 34.9. The van der Waals surface area contributed by atoms with Gasteiger partial charge < -0.3 is 19.6 Å². The van der Waals surface area contributed by atoms with Crippen LogP contribution in [-0.4, -0.2) is 30.7 Å². The maximum atomic E-state index is 13.8. The molecule has 5 atom stereocenters. The van der Waals surface area contributed by atoms with E-state index in [1.165, 1.54) is 11.1 Å². The number of rotatable bonds is 9. The summed E-state index contributed by atoms with van der Waals surface area (Å²) in [4.78, 5) is 22.0. The molecule has 3 aliphatic heterocycles. The fraction of sp³-hybridized carbons (Fsp3) is 0.426. The highest BCUT2D eigenvalue weighted by atomic mass is 19.4. The molecule has 3 saturated heterocycles. The molecule has 60 heavy (non-hydrogen) atoms. The minimum atomic E-state index is -5.12. The Morgan fingerprint density at radius 1 is 0.917 bits per heavy atom. The largest absolute Gasteiger partial charge is 0.868 e. The highest BCUT2D eigenvalue weighted by molar-refractivity contribution is 5.81. The highest BCUT2D eigenvalue weighted by Gasteiger charge is 2.54. The average molecular weight is 834 g/mol. The van der Waals surface area contributed by atoms with Gasteiger partial charge in [-0.3, -0.25) is 9.79 Å². The number of anilines is 2. The number of piperidine rings is 3. The van der Waals surface area contributed by atoms with Gasteiger partial charge in [0.25, 0.3) is 0 Å². The average Bonchev–Trinajstić information content (AvgIpc) is 3.18. The quantitative estimate of drug-likeness (QED) is 0.0911. The molecule has 0 saturated carbocycles. The highest BCUT2D eigenvalue weighted by Crippen LogP contribution is 2.50. The van der Waals surface area contributed by atoms with E-state index in [9.17, 15) is 36.2 Å². The van der Waals surface area contributed by atoms with Gasteiger partial charge in [-0.15, -0.1) is 6.58 Å². The fourth-order valence-corrected chi connectivity index (χ4v) is 9.27. The first-order valence-corrected chi connectivity index (χ1v) is 20.1. The van der Waals surface area contributed by atoms with Crippen LogP contribution >= 0.6 is 0 Å². The second kappa shape index (κ2) is 15.1. The van der Waals surface area contributed by atoms with Crippen molar-refractivity contribution in [3.05, 3.63) is 128 Å². The Kier molecular flexibility index (Phi) is 10.8. The van der Waals surface area contributed by atoms with Crippen molar-refractivity contribution in [3.8, 4) is 11.5 Å². The molecule has 1 aromatic heterocycles. The molecule has 3 aliphatic rings. The molecule has 4 aromatic carbocycles. The Bertz CT molecular complexity index is 2480. The number of quaternary nitrogens is 1. The van der Waals surface area contributed by atoms with E-state index in [2.05, 4.69) is 76.6 Å². The Hall–Kier alpha value is -5.17. The van der Waals surface area contributed by atoms with Crippen molar-refractivity contribution in [2.45, 2.75) is 96.2 Å². The Balaban J connectivity index is 1.44. The fourth-order valence-electron chi connectivity index (χ4n) is 9.27. The zero-order valence-electron chi connectivity index (χ0n) is 34.9. The lowest BCUT2D eigenvalue weighted by Crippen LogP contribution is -2.67. The number of benzene rings is 3. The van der Waals surface area contributed by atoms with E-state index in [1.54, 1.807) is 13.3 Å². The van der Waals surface area contributed by atoms with Crippen LogP contribution in [0.15, 0.2) is 89.3 Å². The van der Waals surface area contributed by atoms with Crippen molar-refractivity contribution in [1.82, 2.24) is 0 Å². The number of halogens is 6. The van der Waals surface area contributed by atoms with Crippen molar-refractivity contribution in [1.29, 1.82) is 0 Å². The third kappa shape index (κ3) is 8.17. The van der Waals surface area contributed by atoms with Gasteiger partial charge in [-0.2, -0.15) is 26.3 Å². The minimum Gasteiger partial charge on any atom is -0.868 e. The number of nitrogens with one attached hydrogen (secondary N) is 2. The van der Waals surface area contributed by atoms with Gasteiger partial charge in [0, 0.05) is 47.7 Å². The molecule has 7 nitrogen and oxygen atoms in total. The summed E-state index contributed by atoms with van der Waals surface area (Å²) in [5, 5.41) is 16.1. The number of H-pyrrole nitrogens is 1. The van der Waals surface area contributed by atoms with Gasteiger partial charge >= 0.3 is 12.4 Å². The predicted octanol–water partition coefficient (Wildman–Crippen LogP) is 9.60. The standard InChI is InChI=1S/C47H50F6N4O3/c1-9-27-25-57(24-26-16-29(44(2,3)4)19-30(17-26)45(5,6)7)15-13-28(27)18-38(57)39(35-12-14-54-37-11-10-34(60-8)23-36(35)37)56-41-40(42(58)43(41)59)55-33-21-31(46(48,49)50)20-32(22-33)47(51,52)53/h9-12,14,16-17,19-23,27-28,38-39H,1,13,15,18,24-25H2,2-8H3,(H-,55,56,58,59)/p+1/t27-,28-,38+,39-,57+/m0/s1. The number of aromatic nitrogens is 1. The van der Waals surface area contributed by atoms with Gasteiger partial charge in [-0.1, -0.05) is 53.7 Å². The van der Waals surface area contributed by atoms with Crippen molar-refractivity contribution >= 4 is 22.3 Å². The SMILES string of the molecule is C=C[C@H]1C[N@+]2(Cc3cc(C(C)(C)C)cc(C(C)(C)C)c3)CC[C@H]1C[C@@H]2[C@@H](N=c1c(Nc2cc(C(F)(F)F)cc(C(F)(F)F)c2)c([O-])c1=O)c1cc[nH+]c2ccc(OC)cc12. The van der Waals surface area contributed by atoms with Gasteiger partial charge in [-0.05, 0) is 76.1 Å². The van der Waals surface area contributed by atoms with E-state index in [-0.39, 0.29) is 40.1 Å². The summed E-state index contributed by atoms with van der Waals surface area (Å²) in [5.41, 5.74) is -0.457. The molecule has 2 bridgehead atoms. The number of pyridine rings is 1. The summed E-state index contributed by atoms with van der Waals surface area (Å²) in [7, 11) is 1.55. The van der Waals surface area contributed by atoms with Crippen LogP contribution in [0, 0.1) is 11.8 Å². The summed E-state index contributed by atoms with van der Waals surface area (Å²) in [6, 6.07) is 14.2. The topological polar surface area (TPSA) is 87.9 Å². The predicted molar refractivity (Wildman–Crippen MR) is 217 cm³/mol. The van der Waals surface area contributed by atoms with Crippen LogP contribution in [-0.2, 0) is 29.7 Å². The zero-order chi connectivity index (χ0) is 43.7. The van der Waals surface area contributed by atoms with Crippen LogP contribution in [0.5, 0.6) is 11.5 Å². The molecule has 13 heteroatoms. The van der Waals surface area contributed by atoms with E-state index in [1.807, 2.05) is 30.3 Å². The molecule has 0 spiro atoms. The van der Waals surface area contributed by atoms with E-state index >= 15 is 0 Å². The third-order valence-corrected chi connectivity index (χ3v) is 12.6. The monoisotopic (exact) mass is 833 g/mol. The molecule has 0 unspecified atom stereocenters. The number of fused-ring (bicyclic) bond motifs is 4. The van der Waals surface area contributed by atoms with Crippen molar-refractivity contribution in [3.63, 3.8) is 0 Å². The van der Waals surface area contributed by atoms with Crippen molar-refractivity contribution in [2.24, 2.45) is 16.8 Å². The summed E-state index contributed by atoms with van der Waals surface area (Å²) in [5.74, 6) is -0.0837. The number of hydrogen-bond acceptors (Lipinski definition) is 5. The number of nitrogens with zero attached hydrogens (tertiary/aromatic N) is 2. The number of methoxy groups -OCH3 is 1. The van der Waals surface area contributed by atoms with Crippen LogP contribution in [0.25, 0.3) is 10.9 Å². The lowest BCUT2D eigenvalue weighted by molar-refractivity contribution is -0.982. The summed E-state index contributed by atoms with van der Waals surface area (Å²) in [6.45, 7) is 19.5. The lowest BCUT2D eigenvalue weighted by atomic mass is 9.70. The first-order valence-electron chi connectivity index (χ1n) is 20.1.